The minimum atomic E-state index is -0.199. The highest BCUT2D eigenvalue weighted by Crippen LogP contribution is 2.27. The first-order valence-electron chi connectivity index (χ1n) is 7.49. The second kappa shape index (κ2) is 6.61. The van der Waals surface area contributed by atoms with Gasteiger partial charge < -0.3 is 5.32 Å². The van der Waals surface area contributed by atoms with Crippen LogP contribution in [-0.2, 0) is 6.54 Å². The van der Waals surface area contributed by atoms with Gasteiger partial charge in [-0.05, 0) is 37.5 Å². The van der Waals surface area contributed by atoms with E-state index >= 15 is 0 Å². The summed E-state index contributed by atoms with van der Waals surface area (Å²) in [6.45, 7) is 6.99. The molecule has 1 fully saturated rings. The normalized spacial score (nSPS) is 23.1. The molecule has 2 rings (SSSR count). The van der Waals surface area contributed by atoms with E-state index in [0.29, 0.717) is 24.2 Å². The molecule has 1 heterocycles. The summed E-state index contributed by atoms with van der Waals surface area (Å²) in [5, 5.41) is 7.86. The molecule has 20 heavy (non-hydrogen) atoms. The van der Waals surface area contributed by atoms with Gasteiger partial charge in [0.05, 0.1) is 11.9 Å². The Hall–Kier alpha value is -1.03. The smallest absolute Gasteiger partial charge is 0.287 e. The molecule has 1 aromatic heterocycles. The lowest BCUT2D eigenvalue weighted by atomic mass is 9.87. The fourth-order valence-electron chi connectivity index (χ4n) is 2.67. The standard InChI is InChI=1S/C15H24ClN3O/c1-10(2)9-19-15(20)14(16)13(8-17-19)18-12-6-4-11(3)5-7-12/h8,10-12,18H,4-7,9H2,1-3H3. The first kappa shape index (κ1) is 15.4. The molecule has 0 saturated heterocycles. The van der Waals surface area contributed by atoms with E-state index in [4.69, 9.17) is 11.6 Å². The zero-order valence-corrected chi connectivity index (χ0v) is 13.3. The first-order chi connectivity index (χ1) is 9.47. The first-order valence-corrected chi connectivity index (χ1v) is 7.87. The molecule has 0 unspecified atom stereocenters. The Labute approximate surface area is 125 Å². The van der Waals surface area contributed by atoms with Crippen LogP contribution in [0.3, 0.4) is 0 Å². The lowest BCUT2D eigenvalue weighted by Gasteiger charge is -2.27. The average Bonchev–Trinajstić information content (AvgIpc) is 2.40. The molecule has 4 nitrogen and oxygen atoms in total. The monoisotopic (exact) mass is 297 g/mol. The summed E-state index contributed by atoms with van der Waals surface area (Å²) >= 11 is 6.19. The van der Waals surface area contributed by atoms with Crippen LogP contribution >= 0.6 is 11.6 Å². The van der Waals surface area contributed by atoms with E-state index in [0.717, 1.165) is 18.8 Å². The zero-order chi connectivity index (χ0) is 14.7. The summed E-state index contributed by atoms with van der Waals surface area (Å²) in [7, 11) is 0. The van der Waals surface area contributed by atoms with Gasteiger partial charge in [-0.2, -0.15) is 5.10 Å². The Morgan fingerprint density at radius 2 is 2.05 bits per heavy atom. The van der Waals surface area contributed by atoms with Crippen molar-refractivity contribution in [1.29, 1.82) is 0 Å². The van der Waals surface area contributed by atoms with Crippen molar-refractivity contribution in [3.63, 3.8) is 0 Å². The molecule has 0 spiro atoms. The van der Waals surface area contributed by atoms with Crippen LogP contribution < -0.4 is 10.9 Å². The molecule has 1 N–H and O–H groups in total. The van der Waals surface area contributed by atoms with Crippen molar-refractivity contribution in [2.75, 3.05) is 5.32 Å². The van der Waals surface area contributed by atoms with Gasteiger partial charge >= 0.3 is 0 Å². The number of nitrogens with zero attached hydrogens (tertiary/aromatic N) is 2. The third-order valence-electron chi connectivity index (χ3n) is 3.90. The molecule has 112 valence electrons. The number of anilines is 1. The third kappa shape index (κ3) is 3.75. The van der Waals surface area contributed by atoms with Crippen molar-refractivity contribution in [2.24, 2.45) is 11.8 Å². The Morgan fingerprint density at radius 1 is 1.40 bits per heavy atom. The summed E-state index contributed by atoms with van der Waals surface area (Å²) in [6, 6.07) is 0.408. The van der Waals surface area contributed by atoms with Crippen LogP contribution in [0.4, 0.5) is 5.69 Å². The molecule has 0 aliphatic heterocycles. The highest BCUT2D eigenvalue weighted by Gasteiger charge is 2.19. The predicted octanol–water partition coefficient (Wildman–Crippen LogP) is 3.54. The number of halogens is 1. The second-order valence-electron chi connectivity index (χ2n) is 6.35. The predicted molar refractivity (Wildman–Crippen MR) is 83.4 cm³/mol. The van der Waals surface area contributed by atoms with Crippen molar-refractivity contribution in [3.05, 3.63) is 21.6 Å². The zero-order valence-electron chi connectivity index (χ0n) is 12.5. The number of rotatable bonds is 4. The molecule has 0 radical (unpaired) electrons. The van der Waals surface area contributed by atoms with Crippen LogP contribution in [0.15, 0.2) is 11.0 Å². The molecule has 1 aliphatic carbocycles. The SMILES string of the molecule is CC(C)Cn1ncc(NC2CCC(C)CC2)c(Cl)c1=O. The van der Waals surface area contributed by atoms with Gasteiger partial charge in [-0.1, -0.05) is 32.4 Å². The molecule has 0 bridgehead atoms. The largest absolute Gasteiger partial charge is 0.380 e. The summed E-state index contributed by atoms with van der Waals surface area (Å²) in [5.74, 6) is 1.18. The van der Waals surface area contributed by atoms with Crippen molar-refractivity contribution >= 4 is 17.3 Å². The minimum absolute atomic E-state index is 0.199. The van der Waals surface area contributed by atoms with E-state index in [-0.39, 0.29) is 10.6 Å². The summed E-state index contributed by atoms with van der Waals surface area (Å²) in [6.07, 6.45) is 6.41. The Morgan fingerprint density at radius 3 is 2.65 bits per heavy atom. The molecule has 0 atom stereocenters. The lowest BCUT2D eigenvalue weighted by Crippen LogP contribution is -2.29. The molecule has 1 aliphatic rings. The lowest BCUT2D eigenvalue weighted by molar-refractivity contribution is 0.361. The molecule has 1 saturated carbocycles. The van der Waals surface area contributed by atoms with Crippen LogP contribution in [0.5, 0.6) is 0 Å². The number of hydrogen-bond donors (Lipinski definition) is 1. The highest BCUT2D eigenvalue weighted by atomic mass is 35.5. The van der Waals surface area contributed by atoms with Gasteiger partial charge in [0.15, 0.2) is 0 Å². The Balaban J connectivity index is 2.09. The molecular formula is C15H24ClN3O. The maximum absolute atomic E-state index is 12.1. The maximum Gasteiger partial charge on any atom is 0.287 e. The summed E-state index contributed by atoms with van der Waals surface area (Å²) < 4.78 is 1.45. The Bertz CT molecular complexity index is 504. The maximum atomic E-state index is 12.1. The van der Waals surface area contributed by atoms with Crippen molar-refractivity contribution in [1.82, 2.24) is 9.78 Å². The van der Waals surface area contributed by atoms with E-state index in [2.05, 4.69) is 31.2 Å². The average molecular weight is 298 g/mol. The van der Waals surface area contributed by atoms with Gasteiger partial charge in [0.2, 0.25) is 0 Å². The Kier molecular flexibility index (Phi) is 5.08. The number of aromatic nitrogens is 2. The number of hydrogen-bond acceptors (Lipinski definition) is 3. The minimum Gasteiger partial charge on any atom is -0.380 e. The van der Waals surface area contributed by atoms with E-state index in [1.54, 1.807) is 6.20 Å². The fourth-order valence-corrected chi connectivity index (χ4v) is 2.87. The van der Waals surface area contributed by atoms with Gasteiger partial charge in [-0.3, -0.25) is 4.79 Å². The molecule has 0 aromatic carbocycles. The van der Waals surface area contributed by atoms with Crippen molar-refractivity contribution in [2.45, 2.75) is 59.0 Å². The molecule has 5 heteroatoms. The van der Waals surface area contributed by atoms with Crippen LogP contribution in [-0.4, -0.2) is 15.8 Å². The molecule has 1 aromatic rings. The van der Waals surface area contributed by atoms with Crippen molar-refractivity contribution < 1.29 is 0 Å². The van der Waals surface area contributed by atoms with E-state index in [1.165, 1.54) is 17.5 Å². The van der Waals surface area contributed by atoms with Gasteiger partial charge in [0.25, 0.3) is 5.56 Å². The van der Waals surface area contributed by atoms with E-state index in [9.17, 15) is 4.79 Å². The summed E-state index contributed by atoms with van der Waals surface area (Å²) in [4.78, 5) is 12.1. The molecule has 0 amide bonds. The quantitative estimate of drug-likeness (QED) is 0.924. The fraction of sp³-hybridized carbons (Fsp3) is 0.733. The van der Waals surface area contributed by atoms with Gasteiger partial charge in [0.1, 0.15) is 5.02 Å². The van der Waals surface area contributed by atoms with Crippen LogP contribution in [0.2, 0.25) is 5.02 Å². The topological polar surface area (TPSA) is 46.9 Å². The molecular weight excluding hydrogens is 274 g/mol. The van der Waals surface area contributed by atoms with Crippen LogP contribution in [0.25, 0.3) is 0 Å². The van der Waals surface area contributed by atoms with E-state index < -0.39 is 0 Å². The summed E-state index contributed by atoms with van der Waals surface area (Å²) in [5.41, 5.74) is 0.478. The van der Waals surface area contributed by atoms with Crippen LogP contribution in [0, 0.1) is 11.8 Å². The van der Waals surface area contributed by atoms with E-state index in [1.807, 2.05) is 0 Å². The van der Waals surface area contributed by atoms with Gasteiger partial charge in [-0.15, -0.1) is 0 Å². The van der Waals surface area contributed by atoms with Crippen LogP contribution in [0.1, 0.15) is 46.5 Å². The van der Waals surface area contributed by atoms with Crippen molar-refractivity contribution in [3.8, 4) is 0 Å². The second-order valence-corrected chi connectivity index (χ2v) is 6.73. The third-order valence-corrected chi connectivity index (χ3v) is 4.26. The van der Waals surface area contributed by atoms with Gasteiger partial charge in [0, 0.05) is 12.6 Å². The number of nitrogens with one attached hydrogen (secondary N) is 1. The van der Waals surface area contributed by atoms with Gasteiger partial charge in [-0.25, -0.2) is 4.68 Å². The highest BCUT2D eigenvalue weighted by molar-refractivity contribution is 6.32.